The van der Waals surface area contributed by atoms with Crippen molar-refractivity contribution < 1.29 is 9.53 Å². The number of hydrogen-bond acceptors (Lipinski definition) is 5. The zero-order valence-corrected chi connectivity index (χ0v) is 18.6. The van der Waals surface area contributed by atoms with Gasteiger partial charge in [0.25, 0.3) is 0 Å². The number of piperidine rings is 1. The minimum Gasteiger partial charge on any atom is -0.459 e. The summed E-state index contributed by atoms with van der Waals surface area (Å²) < 4.78 is 5.24. The topological polar surface area (TPSA) is 77.2 Å². The van der Waals surface area contributed by atoms with Gasteiger partial charge in [-0.25, -0.2) is 4.79 Å². The first kappa shape index (κ1) is 22.1. The average molecular weight is 424 g/mol. The molecule has 30 heavy (non-hydrogen) atoms. The van der Waals surface area contributed by atoms with Crippen LogP contribution in [0.4, 0.5) is 0 Å². The van der Waals surface area contributed by atoms with Gasteiger partial charge in [-0.05, 0) is 57.9 Å². The molecule has 2 N–H and O–H groups in total. The minimum atomic E-state index is -0.403. The normalized spacial score (nSPS) is 14.6. The monoisotopic (exact) mass is 423 g/mol. The van der Waals surface area contributed by atoms with Crippen LogP contribution in [0.15, 0.2) is 53.4 Å². The second kappa shape index (κ2) is 9.94. The van der Waals surface area contributed by atoms with E-state index in [9.17, 15) is 4.79 Å². The molecule has 0 bridgehead atoms. The maximum Gasteiger partial charge on any atom is 0.338 e. The van der Waals surface area contributed by atoms with Crippen molar-refractivity contribution in [3.63, 3.8) is 0 Å². The third kappa shape index (κ3) is 5.72. The average Bonchev–Trinajstić information content (AvgIpc) is 2.74. The lowest BCUT2D eigenvalue weighted by molar-refractivity contribution is 0.0378. The Balaban J connectivity index is 1.57. The number of thioether (sulfide) groups is 1. The highest BCUT2D eigenvalue weighted by molar-refractivity contribution is 8.00. The van der Waals surface area contributed by atoms with Crippen molar-refractivity contribution in [3.8, 4) is 0 Å². The van der Waals surface area contributed by atoms with Gasteiger partial charge < -0.3 is 9.64 Å². The number of nitrogens with one attached hydrogen (secondary N) is 2. The predicted octanol–water partition coefficient (Wildman–Crippen LogP) is 5.16. The lowest BCUT2D eigenvalue weighted by Crippen LogP contribution is -2.42. The highest BCUT2D eigenvalue weighted by atomic mass is 32.2. The van der Waals surface area contributed by atoms with Gasteiger partial charge >= 0.3 is 5.97 Å². The van der Waals surface area contributed by atoms with Gasteiger partial charge in [-0.1, -0.05) is 29.8 Å². The van der Waals surface area contributed by atoms with Crippen LogP contribution in [-0.4, -0.2) is 46.9 Å². The summed E-state index contributed by atoms with van der Waals surface area (Å²) in [5.74, 6) is -0.191. The molecule has 1 aliphatic rings. The molecule has 0 amide bonds. The molecule has 5 nitrogen and oxygen atoms in total. The highest BCUT2D eigenvalue weighted by Crippen LogP contribution is 2.30. The van der Waals surface area contributed by atoms with E-state index in [2.05, 4.69) is 31.2 Å². The fraction of sp³-hybridized carbons (Fsp3) is 0.375. The third-order valence-electron chi connectivity index (χ3n) is 5.05. The Morgan fingerprint density at radius 3 is 2.33 bits per heavy atom. The van der Waals surface area contributed by atoms with Crippen LogP contribution in [0.3, 0.4) is 0 Å². The van der Waals surface area contributed by atoms with Gasteiger partial charge in [0.05, 0.1) is 11.7 Å². The smallest absolute Gasteiger partial charge is 0.338 e. The van der Waals surface area contributed by atoms with Gasteiger partial charge in [-0.3, -0.25) is 10.8 Å². The summed E-state index contributed by atoms with van der Waals surface area (Å²) in [4.78, 5) is 15.4. The standard InChI is InChI=1S/C24H29N3O2S/c1-16(2)29-24(28)19-6-4-5-18(15-19)22(25)23(26)27-13-11-21(12-14-27)30-20-9-7-17(3)8-10-20/h4-10,15-16,21,25-26H,11-14H2,1-3H3. The zero-order chi connectivity index (χ0) is 21.7. The molecular formula is C24H29N3O2S. The Bertz CT molecular complexity index is 916. The molecular weight excluding hydrogens is 394 g/mol. The van der Waals surface area contributed by atoms with E-state index >= 15 is 0 Å². The van der Waals surface area contributed by atoms with Crippen LogP contribution in [-0.2, 0) is 4.74 Å². The number of amidine groups is 1. The fourth-order valence-corrected chi connectivity index (χ4v) is 4.51. The maximum absolute atomic E-state index is 12.1. The van der Waals surface area contributed by atoms with Crippen molar-refractivity contribution in [1.29, 1.82) is 10.8 Å². The SMILES string of the molecule is Cc1ccc(SC2CCN(C(=N)C(=N)c3cccc(C(=O)OC(C)C)c3)CC2)cc1. The molecule has 2 aromatic carbocycles. The summed E-state index contributed by atoms with van der Waals surface area (Å²) in [5.41, 5.74) is 2.38. The molecule has 158 valence electrons. The number of rotatable bonds is 6. The first-order valence-corrected chi connectivity index (χ1v) is 11.2. The lowest BCUT2D eigenvalue weighted by Gasteiger charge is -2.33. The summed E-state index contributed by atoms with van der Waals surface area (Å²) in [7, 11) is 0. The molecule has 1 saturated heterocycles. The van der Waals surface area contributed by atoms with Gasteiger partial charge in [0.15, 0.2) is 0 Å². The van der Waals surface area contributed by atoms with Crippen molar-refractivity contribution in [2.24, 2.45) is 0 Å². The number of carbonyl (C=O) groups is 1. The van der Waals surface area contributed by atoms with Crippen molar-refractivity contribution in [1.82, 2.24) is 4.90 Å². The molecule has 0 aliphatic carbocycles. The first-order chi connectivity index (χ1) is 14.3. The Morgan fingerprint density at radius 2 is 1.70 bits per heavy atom. The number of benzene rings is 2. The van der Waals surface area contributed by atoms with Gasteiger partial charge in [0.1, 0.15) is 11.5 Å². The molecule has 0 unspecified atom stereocenters. The fourth-order valence-electron chi connectivity index (χ4n) is 3.39. The van der Waals surface area contributed by atoms with Gasteiger partial charge in [-0.15, -0.1) is 11.8 Å². The van der Waals surface area contributed by atoms with Crippen LogP contribution in [0, 0.1) is 17.7 Å². The molecule has 0 atom stereocenters. The van der Waals surface area contributed by atoms with E-state index in [1.165, 1.54) is 10.5 Å². The Morgan fingerprint density at radius 1 is 1.07 bits per heavy atom. The van der Waals surface area contributed by atoms with E-state index in [0.29, 0.717) is 16.4 Å². The number of aryl methyl sites for hydroxylation is 1. The van der Waals surface area contributed by atoms with Crippen molar-refractivity contribution >= 4 is 29.3 Å². The molecule has 0 saturated carbocycles. The summed E-state index contributed by atoms with van der Waals surface area (Å²) in [6.07, 6.45) is 1.77. The Labute approximate surface area is 182 Å². The zero-order valence-electron chi connectivity index (χ0n) is 17.8. The quantitative estimate of drug-likeness (QED) is 0.382. The Hall–Kier alpha value is -2.60. The second-order valence-corrected chi connectivity index (χ2v) is 9.25. The molecule has 3 rings (SSSR count). The van der Waals surface area contributed by atoms with E-state index < -0.39 is 5.97 Å². The number of likely N-dealkylation sites (tertiary alicyclic amines) is 1. The molecule has 1 heterocycles. The van der Waals surface area contributed by atoms with Crippen molar-refractivity contribution in [2.45, 2.75) is 49.9 Å². The van der Waals surface area contributed by atoms with Gasteiger partial charge in [0.2, 0.25) is 0 Å². The number of carbonyl (C=O) groups excluding carboxylic acids is 1. The summed E-state index contributed by atoms with van der Waals surface area (Å²) >= 11 is 1.90. The predicted molar refractivity (Wildman–Crippen MR) is 123 cm³/mol. The van der Waals surface area contributed by atoms with Gasteiger partial charge in [0, 0.05) is 28.8 Å². The summed E-state index contributed by atoms with van der Waals surface area (Å²) in [5, 5.41) is 17.5. The molecule has 0 radical (unpaired) electrons. The minimum absolute atomic E-state index is 0.138. The largest absolute Gasteiger partial charge is 0.459 e. The number of ether oxygens (including phenoxy) is 1. The highest BCUT2D eigenvalue weighted by Gasteiger charge is 2.24. The number of nitrogens with zero attached hydrogens (tertiary/aromatic N) is 1. The summed E-state index contributed by atoms with van der Waals surface area (Å²) in [6, 6.07) is 15.4. The van der Waals surface area contributed by atoms with E-state index in [0.717, 1.165) is 25.9 Å². The van der Waals surface area contributed by atoms with Crippen LogP contribution in [0.5, 0.6) is 0 Å². The van der Waals surface area contributed by atoms with E-state index in [1.54, 1.807) is 38.1 Å². The molecule has 6 heteroatoms. The summed E-state index contributed by atoms with van der Waals surface area (Å²) in [6.45, 7) is 7.23. The van der Waals surface area contributed by atoms with E-state index in [4.69, 9.17) is 15.6 Å². The number of esters is 1. The lowest BCUT2D eigenvalue weighted by atomic mass is 10.0. The van der Waals surface area contributed by atoms with Crippen LogP contribution >= 0.6 is 11.8 Å². The Kier molecular flexibility index (Phi) is 7.32. The molecule has 2 aromatic rings. The number of hydrogen-bond donors (Lipinski definition) is 2. The van der Waals surface area contributed by atoms with Crippen LogP contribution in [0.1, 0.15) is 48.2 Å². The van der Waals surface area contributed by atoms with Crippen molar-refractivity contribution in [2.75, 3.05) is 13.1 Å². The van der Waals surface area contributed by atoms with Crippen LogP contribution in [0.2, 0.25) is 0 Å². The second-order valence-electron chi connectivity index (χ2n) is 7.88. The molecule has 0 spiro atoms. The molecule has 1 fully saturated rings. The molecule has 1 aliphatic heterocycles. The van der Waals surface area contributed by atoms with E-state index in [1.807, 2.05) is 16.7 Å². The first-order valence-electron chi connectivity index (χ1n) is 10.3. The third-order valence-corrected chi connectivity index (χ3v) is 6.40. The van der Waals surface area contributed by atoms with Crippen LogP contribution in [0.25, 0.3) is 0 Å². The maximum atomic E-state index is 12.1. The molecule has 0 aromatic heterocycles. The van der Waals surface area contributed by atoms with Crippen LogP contribution < -0.4 is 0 Å². The van der Waals surface area contributed by atoms with E-state index in [-0.39, 0.29) is 17.7 Å². The van der Waals surface area contributed by atoms with Gasteiger partial charge in [-0.2, -0.15) is 0 Å². The van der Waals surface area contributed by atoms with Crippen molar-refractivity contribution in [3.05, 3.63) is 65.2 Å².